The Bertz CT molecular complexity index is 1160. The van der Waals surface area contributed by atoms with Gasteiger partial charge in [0, 0.05) is 25.2 Å². The second-order valence-electron chi connectivity index (χ2n) is 7.41. The normalized spacial score (nSPS) is 14.9. The van der Waals surface area contributed by atoms with E-state index in [4.69, 9.17) is 9.40 Å². The topological polar surface area (TPSA) is 29.3 Å². The van der Waals surface area contributed by atoms with Gasteiger partial charge in [0.1, 0.15) is 11.3 Å². The fourth-order valence-corrected chi connectivity index (χ4v) is 3.77. The van der Waals surface area contributed by atoms with Crippen LogP contribution in [0.15, 0.2) is 83.3 Å². The fraction of sp³-hybridized carbons (Fsp3) is 0.160. The first kappa shape index (κ1) is 17.8. The summed E-state index contributed by atoms with van der Waals surface area (Å²) in [6.07, 6.45) is 3.08. The summed E-state index contributed by atoms with van der Waals surface area (Å²) in [5.41, 5.74) is 6.29. The molecule has 0 saturated heterocycles. The van der Waals surface area contributed by atoms with Crippen molar-refractivity contribution in [3.63, 3.8) is 0 Å². The van der Waals surface area contributed by atoms with Crippen molar-refractivity contribution in [2.45, 2.75) is 13.0 Å². The van der Waals surface area contributed by atoms with Crippen molar-refractivity contribution in [1.82, 2.24) is 9.88 Å². The van der Waals surface area contributed by atoms with E-state index < -0.39 is 0 Å². The second-order valence-corrected chi connectivity index (χ2v) is 7.41. The minimum atomic E-state index is -0.194. The van der Waals surface area contributed by atoms with Crippen LogP contribution in [0.3, 0.4) is 0 Å². The smallest absolute Gasteiger partial charge is 0.222 e. The summed E-state index contributed by atoms with van der Waals surface area (Å²) in [6, 6.07) is 23.2. The Hall–Kier alpha value is -3.24. The number of hydrogen-bond acceptors (Lipinski definition) is 3. The first-order valence-electron chi connectivity index (χ1n) is 9.87. The molecule has 0 amide bonds. The molecule has 0 saturated carbocycles. The largest absolute Gasteiger partial charge is 0.436 e. The van der Waals surface area contributed by atoms with Crippen molar-refractivity contribution in [3.05, 3.63) is 96.1 Å². The number of hydrogen-bond donors (Lipinski definition) is 0. The van der Waals surface area contributed by atoms with Gasteiger partial charge in [-0.3, -0.25) is 4.90 Å². The lowest BCUT2D eigenvalue weighted by Gasteiger charge is -2.25. The van der Waals surface area contributed by atoms with Crippen molar-refractivity contribution >= 4 is 16.7 Å². The van der Waals surface area contributed by atoms with Gasteiger partial charge in [0.25, 0.3) is 0 Å². The molecule has 1 aliphatic heterocycles. The van der Waals surface area contributed by atoms with Crippen LogP contribution in [0.5, 0.6) is 0 Å². The highest BCUT2D eigenvalue weighted by molar-refractivity contribution is 5.82. The number of oxazole rings is 1. The van der Waals surface area contributed by atoms with Crippen molar-refractivity contribution in [2.24, 2.45) is 0 Å². The Morgan fingerprint density at radius 1 is 0.931 bits per heavy atom. The van der Waals surface area contributed by atoms with Gasteiger partial charge in [0.15, 0.2) is 5.58 Å². The highest BCUT2D eigenvalue weighted by Gasteiger charge is 2.17. The molecule has 29 heavy (non-hydrogen) atoms. The predicted octanol–water partition coefficient (Wildman–Crippen LogP) is 5.92. The Labute approximate surface area is 169 Å². The molecule has 0 N–H and O–H groups in total. The maximum Gasteiger partial charge on any atom is 0.222 e. The molecule has 0 fully saturated rings. The standard InChI is InChI=1S/C25H21FN2O/c26-22-9-6-18(7-10-22)17-28-14-12-20(13-15-28)25-27-23-16-21(8-11-24(23)29-25)19-4-2-1-3-5-19/h1-12,16H,13-15,17H2. The molecule has 2 heterocycles. The third kappa shape index (κ3) is 3.84. The van der Waals surface area contributed by atoms with E-state index in [-0.39, 0.29) is 5.82 Å². The van der Waals surface area contributed by atoms with E-state index in [0.29, 0.717) is 5.89 Å². The molecule has 4 heteroatoms. The van der Waals surface area contributed by atoms with Gasteiger partial charge in [-0.2, -0.15) is 0 Å². The quantitative estimate of drug-likeness (QED) is 0.437. The van der Waals surface area contributed by atoms with E-state index in [1.807, 2.05) is 36.4 Å². The van der Waals surface area contributed by atoms with Gasteiger partial charge in [0.05, 0.1) is 0 Å². The highest BCUT2D eigenvalue weighted by atomic mass is 19.1. The zero-order chi connectivity index (χ0) is 19.6. The molecule has 3 nitrogen and oxygen atoms in total. The molecule has 144 valence electrons. The summed E-state index contributed by atoms with van der Waals surface area (Å²) >= 11 is 0. The third-order valence-electron chi connectivity index (χ3n) is 5.38. The molecule has 3 aromatic carbocycles. The summed E-state index contributed by atoms with van der Waals surface area (Å²) in [4.78, 5) is 7.09. The maximum atomic E-state index is 13.1. The van der Waals surface area contributed by atoms with Crippen LogP contribution >= 0.6 is 0 Å². The average molecular weight is 384 g/mol. The van der Waals surface area contributed by atoms with E-state index >= 15 is 0 Å². The van der Waals surface area contributed by atoms with Gasteiger partial charge in [0.2, 0.25) is 5.89 Å². The molecule has 0 spiro atoms. The van der Waals surface area contributed by atoms with E-state index in [1.54, 1.807) is 0 Å². The van der Waals surface area contributed by atoms with Crippen LogP contribution < -0.4 is 0 Å². The lowest BCUT2D eigenvalue weighted by atomic mass is 10.1. The Morgan fingerprint density at radius 2 is 1.76 bits per heavy atom. The highest BCUT2D eigenvalue weighted by Crippen LogP contribution is 2.29. The summed E-state index contributed by atoms with van der Waals surface area (Å²) in [5.74, 6) is 0.521. The first-order chi connectivity index (χ1) is 14.2. The zero-order valence-corrected chi connectivity index (χ0v) is 16.0. The van der Waals surface area contributed by atoms with Gasteiger partial charge < -0.3 is 4.42 Å². The van der Waals surface area contributed by atoms with Gasteiger partial charge in [-0.25, -0.2) is 9.37 Å². The van der Waals surface area contributed by atoms with Crippen LogP contribution in [-0.4, -0.2) is 23.0 Å². The molecule has 0 unspecified atom stereocenters. The molecule has 0 bridgehead atoms. The number of halogens is 1. The predicted molar refractivity (Wildman–Crippen MR) is 114 cm³/mol. The van der Waals surface area contributed by atoms with Gasteiger partial charge in [-0.05, 0) is 47.4 Å². The molecular formula is C25H21FN2O. The van der Waals surface area contributed by atoms with Crippen LogP contribution in [0.2, 0.25) is 0 Å². The Morgan fingerprint density at radius 3 is 2.52 bits per heavy atom. The van der Waals surface area contributed by atoms with Crippen LogP contribution in [0.4, 0.5) is 4.39 Å². The fourth-order valence-electron chi connectivity index (χ4n) is 3.77. The SMILES string of the molecule is Fc1ccc(CN2CC=C(c3nc4cc(-c5ccccc5)ccc4o3)CC2)cc1. The number of aromatic nitrogens is 1. The van der Waals surface area contributed by atoms with Crippen LogP contribution in [0.1, 0.15) is 17.9 Å². The second kappa shape index (κ2) is 7.64. The molecule has 4 aromatic rings. The first-order valence-corrected chi connectivity index (χ1v) is 9.87. The third-order valence-corrected chi connectivity index (χ3v) is 5.38. The lowest BCUT2D eigenvalue weighted by molar-refractivity contribution is 0.292. The molecule has 1 aliphatic rings. The monoisotopic (exact) mass is 384 g/mol. The minimum Gasteiger partial charge on any atom is -0.436 e. The van der Waals surface area contributed by atoms with E-state index in [1.165, 1.54) is 17.7 Å². The summed E-state index contributed by atoms with van der Waals surface area (Å²) in [7, 11) is 0. The van der Waals surface area contributed by atoms with Crippen molar-refractivity contribution < 1.29 is 8.81 Å². The maximum absolute atomic E-state index is 13.1. The molecule has 5 rings (SSSR count). The molecule has 0 atom stereocenters. The van der Waals surface area contributed by atoms with Crippen molar-refractivity contribution in [2.75, 3.05) is 13.1 Å². The number of nitrogens with zero attached hydrogens (tertiary/aromatic N) is 2. The molecule has 0 aliphatic carbocycles. The van der Waals surface area contributed by atoms with Gasteiger partial charge in [-0.1, -0.05) is 54.6 Å². The summed E-state index contributed by atoms with van der Waals surface area (Å²) in [5, 5.41) is 0. The number of benzene rings is 3. The molecular weight excluding hydrogens is 363 g/mol. The lowest BCUT2D eigenvalue weighted by Crippen LogP contribution is -2.28. The molecule has 1 aromatic heterocycles. The minimum absolute atomic E-state index is 0.194. The van der Waals surface area contributed by atoms with Crippen molar-refractivity contribution in [3.8, 4) is 11.1 Å². The van der Waals surface area contributed by atoms with E-state index in [9.17, 15) is 4.39 Å². The van der Waals surface area contributed by atoms with Crippen LogP contribution in [-0.2, 0) is 6.54 Å². The number of fused-ring (bicyclic) bond motifs is 1. The van der Waals surface area contributed by atoms with Gasteiger partial charge in [-0.15, -0.1) is 0 Å². The Balaban J connectivity index is 1.33. The average Bonchev–Trinajstić information content (AvgIpc) is 3.20. The summed E-state index contributed by atoms with van der Waals surface area (Å²) in [6.45, 7) is 2.58. The zero-order valence-electron chi connectivity index (χ0n) is 16.0. The van der Waals surface area contributed by atoms with E-state index in [0.717, 1.165) is 53.9 Å². The van der Waals surface area contributed by atoms with Gasteiger partial charge >= 0.3 is 0 Å². The van der Waals surface area contributed by atoms with Crippen LogP contribution in [0.25, 0.3) is 27.8 Å². The summed E-state index contributed by atoms with van der Waals surface area (Å²) < 4.78 is 19.1. The van der Waals surface area contributed by atoms with Crippen molar-refractivity contribution in [1.29, 1.82) is 0 Å². The number of rotatable bonds is 4. The van der Waals surface area contributed by atoms with Crippen LogP contribution in [0, 0.1) is 5.82 Å². The molecule has 0 radical (unpaired) electrons. The Kier molecular flexibility index (Phi) is 4.70. The van der Waals surface area contributed by atoms with E-state index in [2.05, 4.69) is 35.2 Å².